The molecule has 4 nitrogen and oxygen atoms in total. The van der Waals surface area contributed by atoms with Crippen LogP contribution < -0.4 is 15.4 Å². The summed E-state index contributed by atoms with van der Waals surface area (Å²) in [4.78, 5) is 12.2. The molecule has 0 unspecified atom stereocenters. The van der Waals surface area contributed by atoms with Crippen LogP contribution >= 0.6 is 0 Å². The number of urea groups is 1. The van der Waals surface area contributed by atoms with Crippen LogP contribution in [-0.2, 0) is 11.8 Å². The van der Waals surface area contributed by atoms with Crippen molar-refractivity contribution in [2.24, 2.45) is 0 Å². The number of carbonyl (C=O) groups is 1. The van der Waals surface area contributed by atoms with Crippen molar-refractivity contribution in [3.8, 4) is 5.75 Å². The molecule has 2 aromatic carbocycles. The molecule has 1 saturated carbocycles. The average Bonchev–Trinajstić information content (AvgIpc) is 3.17. The highest BCUT2D eigenvalue weighted by Crippen LogP contribution is 2.41. The third kappa shape index (κ3) is 4.57. The van der Waals surface area contributed by atoms with Gasteiger partial charge in [-0.2, -0.15) is 0 Å². The lowest BCUT2D eigenvalue weighted by atomic mass is 9.79. The number of rotatable bonds is 7. The number of benzene rings is 2. The summed E-state index contributed by atoms with van der Waals surface area (Å²) in [5.41, 5.74) is 2.57. The molecule has 0 saturated heterocycles. The van der Waals surface area contributed by atoms with Gasteiger partial charge in [0, 0.05) is 18.5 Å². The molecule has 2 N–H and O–H groups in total. The van der Waals surface area contributed by atoms with Crippen molar-refractivity contribution in [2.75, 3.05) is 20.2 Å². The highest BCUT2D eigenvalue weighted by Gasteiger charge is 2.35. The van der Waals surface area contributed by atoms with Gasteiger partial charge in [-0.15, -0.1) is 0 Å². The van der Waals surface area contributed by atoms with Crippen LogP contribution in [0.4, 0.5) is 4.79 Å². The maximum Gasteiger partial charge on any atom is 0.314 e. The lowest BCUT2D eigenvalue weighted by Gasteiger charge is -2.30. The van der Waals surface area contributed by atoms with E-state index in [1.54, 1.807) is 7.11 Å². The van der Waals surface area contributed by atoms with Crippen molar-refractivity contribution in [2.45, 2.75) is 37.5 Å². The van der Waals surface area contributed by atoms with Gasteiger partial charge < -0.3 is 15.4 Å². The lowest BCUT2D eigenvalue weighted by molar-refractivity contribution is 0.237. The third-order valence-electron chi connectivity index (χ3n) is 5.39. The Morgan fingerprint density at radius 1 is 1.00 bits per heavy atom. The third-order valence-corrected chi connectivity index (χ3v) is 5.39. The summed E-state index contributed by atoms with van der Waals surface area (Å²) in [5.74, 6) is 0.869. The molecule has 0 aliphatic heterocycles. The van der Waals surface area contributed by atoms with Crippen molar-refractivity contribution in [3.63, 3.8) is 0 Å². The molecule has 1 aliphatic rings. The summed E-state index contributed by atoms with van der Waals surface area (Å²) in [7, 11) is 1.68. The van der Waals surface area contributed by atoms with E-state index in [9.17, 15) is 4.79 Å². The molecule has 0 bridgehead atoms. The molecule has 3 rings (SSSR count). The normalized spacial score (nSPS) is 15.4. The van der Waals surface area contributed by atoms with E-state index in [2.05, 4.69) is 34.9 Å². The average molecular weight is 352 g/mol. The number of methoxy groups -OCH3 is 1. The van der Waals surface area contributed by atoms with Gasteiger partial charge in [0.1, 0.15) is 5.75 Å². The van der Waals surface area contributed by atoms with Crippen LogP contribution in [0, 0.1) is 0 Å². The molecule has 1 fully saturated rings. The summed E-state index contributed by atoms with van der Waals surface area (Å²) in [6.45, 7) is 1.32. The van der Waals surface area contributed by atoms with Gasteiger partial charge in [0.05, 0.1) is 7.11 Å². The minimum atomic E-state index is -0.0827. The maximum atomic E-state index is 12.2. The number of ether oxygens (including phenoxy) is 1. The van der Waals surface area contributed by atoms with Crippen molar-refractivity contribution in [1.29, 1.82) is 0 Å². The summed E-state index contributed by atoms with van der Waals surface area (Å²) in [5, 5.41) is 6.07. The molecule has 4 heteroatoms. The van der Waals surface area contributed by atoms with E-state index in [-0.39, 0.29) is 11.4 Å². The number of amides is 2. The Labute approximate surface area is 156 Å². The second-order valence-electron chi connectivity index (χ2n) is 7.06. The fraction of sp³-hybridized carbons (Fsp3) is 0.409. The highest BCUT2D eigenvalue weighted by molar-refractivity contribution is 5.74. The van der Waals surface area contributed by atoms with Gasteiger partial charge in [0.2, 0.25) is 0 Å². The quantitative estimate of drug-likeness (QED) is 0.790. The molecule has 0 aromatic heterocycles. The predicted octanol–water partition coefficient (Wildman–Crippen LogP) is 4.05. The zero-order valence-corrected chi connectivity index (χ0v) is 15.5. The summed E-state index contributed by atoms with van der Waals surface area (Å²) in [6.07, 6.45) is 5.50. The van der Waals surface area contributed by atoms with Crippen LogP contribution in [0.15, 0.2) is 54.6 Å². The van der Waals surface area contributed by atoms with Crippen LogP contribution in [0.3, 0.4) is 0 Å². The van der Waals surface area contributed by atoms with E-state index in [1.807, 2.05) is 30.3 Å². The summed E-state index contributed by atoms with van der Waals surface area (Å²) >= 11 is 0. The minimum Gasteiger partial charge on any atom is -0.497 e. The minimum absolute atomic E-state index is 0.0447. The van der Waals surface area contributed by atoms with E-state index < -0.39 is 0 Å². The van der Waals surface area contributed by atoms with Gasteiger partial charge in [-0.25, -0.2) is 4.79 Å². The zero-order chi connectivity index (χ0) is 18.2. The monoisotopic (exact) mass is 352 g/mol. The molecule has 0 radical (unpaired) electrons. The molecular weight excluding hydrogens is 324 g/mol. The van der Waals surface area contributed by atoms with Gasteiger partial charge in [0.15, 0.2) is 0 Å². The van der Waals surface area contributed by atoms with Gasteiger partial charge in [0.25, 0.3) is 0 Å². The van der Waals surface area contributed by atoms with Crippen molar-refractivity contribution < 1.29 is 9.53 Å². The van der Waals surface area contributed by atoms with Gasteiger partial charge >= 0.3 is 6.03 Å². The Morgan fingerprint density at radius 2 is 1.69 bits per heavy atom. The summed E-state index contributed by atoms with van der Waals surface area (Å²) in [6, 6.07) is 18.4. The van der Waals surface area contributed by atoms with Crippen LogP contribution in [-0.4, -0.2) is 26.2 Å². The van der Waals surface area contributed by atoms with Gasteiger partial charge in [-0.3, -0.25) is 0 Å². The molecular formula is C22H28N2O2. The molecule has 138 valence electrons. The number of nitrogens with one attached hydrogen (secondary N) is 2. The fourth-order valence-electron chi connectivity index (χ4n) is 3.84. The van der Waals surface area contributed by atoms with E-state index in [1.165, 1.54) is 24.0 Å². The molecule has 2 aromatic rings. The molecule has 0 atom stereocenters. The van der Waals surface area contributed by atoms with Crippen molar-refractivity contribution in [1.82, 2.24) is 10.6 Å². The zero-order valence-electron chi connectivity index (χ0n) is 15.5. The molecule has 1 aliphatic carbocycles. The largest absolute Gasteiger partial charge is 0.497 e. The molecule has 2 amide bonds. The SMILES string of the molecule is COc1ccc(C2(CNC(=O)NCCc3ccccc3)CCCC2)cc1. The molecule has 26 heavy (non-hydrogen) atoms. The van der Waals surface area contributed by atoms with E-state index in [0.717, 1.165) is 25.0 Å². The Kier molecular flexibility index (Phi) is 6.16. The first-order valence-electron chi connectivity index (χ1n) is 9.42. The predicted molar refractivity (Wildman–Crippen MR) is 105 cm³/mol. The lowest BCUT2D eigenvalue weighted by Crippen LogP contribution is -2.44. The number of hydrogen-bond acceptors (Lipinski definition) is 2. The first kappa shape index (κ1) is 18.3. The number of carbonyl (C=O) groups excluding carboxylic acids is 1. The Balaban J connectivity index is 1.52. The number of hydrogen-bond donors (Lipinski definition) is 2. The van der Waals surface area contributed by atoms with Crippen LogP contribution in [0.2, 0.25) is 0 Å². The smallest absolute Gasteiger partial charge is 0.314 e. The first-order valence-corrected chi connectivity index (χ1v) is 9.42. The molecule has 0 spiro atoms. The Morgan fingerprint density at radius 3 is 2.35 bits per heavy atom. The van der Waals surface area contributed by atoms with Gasteiger partial charge in [-0.1, -0.05) is 55.3 Å². The van der Waals surface area contributed by atoms with E-state index in [0.29, 0.717) is 13.1 Å². The Bertz CT molecular complexity index is 692. The van der Waals surface area contributed by atoms with Crippen LogP contribution in [0.25, 0.3) is 0 Å². The van der Waals surface area contributed by atoms with Crippen LogP contribution in [0.5, 0.6) is 5.75 Å². The van der Waals surface area contributed by atoms with E-state index in [4.69, 9.17) is 4.74 Å². The van der Waals surface area contributed by atoms with Gasteiger partial charge in [-0.05, 0) is 42.5 Å². The highest BCUT2D eigenvalue weighted by atomic mass is 16.5. The fourth-order valence-corrected chi connectivity index (χ4v) is 3.84. The second-order valence-corrected chi connectivity index (χ2v) is 7.06. The molecule has 0 heterocycles. The second kappa shape index (κ2) is 8.75. The van der Waals surface area contributed by atoms with E-state index >= 15 is 0 Å². The van der Waals surface area contributed by atoms with Crippen LogP contribution in [0.1, 0.15) is 36.8 Å². The Hall–Kier alpha value is -2.49. The maximum absolute atomic E-state index is 12.2. The van der Waals surface area contributed by atoms with Crippen molar-refractivity contribution in [3.05, 3.63) is 65.7 Å². The first-order chi connectivity index (χ1) is 12.7. The summed E-state index contributed by atoms with van der Waals surface area (Å²) < 4.78 is 5.26. The standard InChI is InChI=1S/C22H28N2O2/c1-26-20-11-9-19(10-12-20)22(14-5-6-15-22)17-24-21(25)23-16-13-18-7-3-2-4-8-18/h2-4,7-12H,5-6,13-17H2,1H3,(H2,23,24,25). The van der Waals surface area contributed by atoms with Crippen molar-refractivity contribution >= 4 is 6.03 Å². The topological polar surface area (TPSA) is 50.4 Å².